The second kappa shape index (κ2) is 7.52. The Morgan fingerprint density at radius 3 is 2.17 bits per heavy atom. The highest BCUT2D eigenvalue weighted by Gasteiger charge is 2.08. The van der Waals surface area contributed by atoms with E-state index in [-0.39, 0.29) is 0 Å². The van der Waals surface area contributed by atoms with Crippen LogP contribution in [0.2, 0.25) is 0 Å². The van der Waals surface area contributed by atoms with Gasteiger partial charge in [-0.25, -0.2) is 4.98 Å². The topological polar surface area (TPSA) is 49.9 Å². The molecule has 0 fully saturated rings. The molecule has 2 aromatic heterocycles. The van der Waals surface area contributed by atoms with Gasteiger partial charge in [-0.3, -0.25) is 0 Å². The lowest BCUT2D eigenvalue weighted by Gasteiger charge is -2.09. The first-order valence-electron chi connectivity index (χ1n) is 9.48. The molecular formula is C25H19N3O. The molecule has 0 spiro atoms. The van der Waals surface area contributed by atoms with Crippen LogP contribution >= 0.6 is 0 Å². The van der Waals surface area contributed by atoms with Gasteiger partial charge in [0.1, 0.15) is 17.3 Å². The van der Waals surface area contributed by atoms with Crippen molar-refractivity contribution >= 4 is 22.4 Å². The molecule has 0 aliphatic carbocycles. The monoisotopic (exact) mass is 377 g/mol. The normalized spacial score (nSPS) is 10.8. The average Bonchev–Trinajstić information content (AvgIpc) is 3.22. The molecule has 29 heavy (non-hydrogen) atoms. The van der Waals surface area contributed by atoms with Crippen molar-refractivity contribution in [2.75, 3.05) is 5.32 Å². The fourth-order valence-electron chi connectivity index (χ4n) is 3.29. The van der Waals surface area contributed by atoms with E-state index in [2.05, 4.69) is 33.5 Å². The smallest absolute Gasteiger partial charge is 0.139 e. The summed E-state index contributed by atoms with van der Waals surface area (Å²) in [6.07, 6.45) is 1.81. The van der Waals surface area contributed by atoms with Gasteiger partial charge in [-0.1, -0.05) is 48.5 Å². The van der Waals surface area contributed by atoms with Crippen LogP contribution in [0.25, 0.3) is 22.2 Å². The molecule has 2 N–H and O–H groups in total. The van der Waals surface area contributed by atoms with Crippen LogP contribution in [0.5, 0.6) is 11.5 Å². The van der Waals surface area contributed by atoms with Crippen LogP contribution in [-0.4, -0.2) is 9.97 Å². The zero-order chi connectivity index (χ0) is 19.5. The molecule has 4 nitrogen and oxygen atoms in total. The molecule has 0 unspecified atom stereocenters. The molecule has 0 aliphatic heterocycles. The third-order valence-electron chi connectivity index (χ3n) is 4.73. The maximum Gasteiger partial charge on any atom is 0.139 e. The number of nitrogens with zero attached hydrogens (tertiary/aromatic N) is 1. The zero-order valence-corrected chi connectivity index (χ0v) is 15.7. The Bertz CT molecular complexity index is 1230. The molecule has 0 saturated heterocycles. The quantitative estimate of drug-likeness (QED) is 0.355. The first-order valence-corrected chi connectivity index (χ1v) is 9.48. The van der Waals surface area contributed by atoms with Crippen molar-refractivity contribution in [3.63, 3.8) is 0 Å². The van der Waals surface area contributed by atoms with Crippen LogP contribution in [0.3, 0.4) is 0 Å². The Kier molecular flexibility index (Phi) is 4.43. The van der Waals surface area contributed by atoms with Gasteiger partial charge in [0, 0.05) is 23.0 Å². The number of aromatic nitrogens is 2. The van der Waals surface area contributed by atoms with Gasteiger partial charge < -0.3 is 15.0 Å². The predicted octanol–water partition coefficient (Wildman–Crippen LogP) is 6.77. The second-order valence-electron chi connectivity index (χ2n) is 6.73. The molecule has 5 rings (SSSR count). The summed E-state index contributed by atoms with van der Waals surface area (Å²) in [4.78, 5) is 8.01. The minimum Gasteiger partial charge on any atom is -0.457 e. The van der Waals surface area contributed by atoms with Crippen molar-refractivity contribution in [3.8, 4) is 22.8 Å². The van der Waals surface area contributed by atoms with Crippen LogP contribution in [0, 0.1) is 0 Å². The zero-order valence-electron chi connectivity index (χ0n) is 15.7. The fourth-order valence-corrected chi connectivity index (χ4v) is 3.29. The van der Waals surface area contributed by atoms with Crippen LogP contribution in [0.1, 0.15) is 0 Å². The number of pyridine rings is 1. The number of aromatic amines is 1. The summed E-state index contributed by atoms with van der Waals surface area (Å²) in [5.74, 6) is 2.43. The van der Waals surface area contributed by atoms with Crippen molar-refractivity contribution < 1.29 is 4.74 Å². The highest BCUT2D eigenvalue weighted by Crippen LogP contribution is 2.30. The molecule has 0 radical (unpaired) electrons. The van der Waals surface area contributed by atoms with E-state index in [1.165, 1.54) is 0 Å². The third kappa shape index (κ3) is 3.69. The van der Waals surface area contributed by atoms with E-state index in [1.54, 1.807) is 0 Å². The number of nitrogens with one attached hydrogen (secondary N) is 2. The predicted molar refractivity (Wildman–Crippen MR) is 118 cm³/mol. The lowest BCUT2D eigenvalue weighted by Crippen LogP contribution is -1.93. The SMILES string of the molecule is c1ccc(Oc2ccc(Nc3nccc4[nH]c(-c5ccccc5)cc34)cc2)cc1. The molecular weight excluding hydrogens is 358 g/mol. The largest absolute Gasteiger partial charge is 0.457 e. The highest BCUT2D eigenvalue weighted by molar-refractivity contribution is 5.95. The van der Waals surface area contributed by atoms with Gasteiger partial charge >= 0.3 is 0 Å². The molecule has 0 atom stereocenters. The lowest BCUT2D eigenvalue weighted by atomic mass is 10.1. The van der Waals surface area contributed by atoms with Crippen LogP contribution in [-0.2, 0) is 0 Å². The second-order valence-corrected chi connectivity index (χ2v) is 6.73. The minimum absolute atomic E-state index is 0.793. The molecule has 4 heteroatoms. The van der Waals surface area contributed by atoms with Gasteiger partial charge in [-0.2, -0.15) is 0 Å². The average molecular weight is 377 g/mol. The van der Waals surface area contributed by atoms with Crippen molar-refractivity contribution in [1.82, 2.24) is 9.97 Å². The summed E-state index contributed by atoms with van der Waals surface area (Å²) in [5, 5.41) is 4.47. The Labute approximate surface area is 168 Å². The number of fused-ring (bicyclic) bond motifs is 1. The number of anilines is 2. The van der Waals surface area contributed by atoms with E-state index in [1.807, 2.05) is 85.1 Å². The van der Waals surface area contributed by atoms with Gasteiger partial charge in [0.15, 0.2) is 0 Å². The Balaban J connectivity index is 1.39. The summed E-state index contributed by atoms with van der Waals surface area (Å²) in [7, 11) is 0. The van der Waals surface area contributed by atoms with E-state index in [9.17, 15) is 0 Å². The number of rotatable bonds is 5. The Morgan fingerprint density at radius 2 is 1.41 bits per heavy atom. The summed E-state index contributed by atoms with van der Waals surface area (Å²) >= 11 is 0. The molecule has 3 aromatic carbocycles. The molecule has 2 heterocycles. The molecule has 0 aliphatic rings. The van der Waals surface area contributed by atoms with Crippen LogP contribution in [0.4, 0.5) is 11.5 Å². The molecule has 0 saturated carbocycles. The van der Waals surface area contributed by atoms with Gasteiger partial charge in [-0.05, 0) is 54.1 Å². The number of benzene rings is 3. The number of H-pyrrole nitrogens is 1. The van der Waals surface area contributed by atoms with Crippen LogP contribution < -0.4 is 10.1 Å². The van der Waals surface area contributed by atoms with Gasteiger partial charge in [0.05, 0.1) is 5.52 Å². The molecule has 0 bridgehead atoms. The number of hydrogen-bond acceptors (Lipinski definition) is 3. The van der Waals surface area contributed by atoms with E-state index < -0.39 is 0 Å². The molecule has 140 valence electrons. The summed E-state index contributed by atoms with van der Waals surface area (Å²) in [5.41, 5.74) is 4.22. The number of ether oxygens (including phenoxy) is 1. The van der Waals surface area contributed by atoms with Crippen molar-refractivity contribution in [2.45, 2.75) is 0 Å². The van der Waals surface area contributed by atoms with E-state index >= 15 is 0 Å². The highest BCUT2D eigenvalue weighted by atomic mass is 16.5. The fraction of sp³-hybridized carbons (Fsp3) is 0. The maximum atomic E-state index is 5.86. The summed E-state index contributed by atoms with van der Waals surface area (Å²) < 4.78 is 5.86. The maximum absolute atomic E-state index is 5.86. The summed E-state index contributed by atoms with van der Waals surface area (Å²) in [6, 6.07) is 32.0. The van der Waals surface area contributed by atoms with E-state index in [0.29, 0.717) is 0 Å². The standard InChI is InChI=1S/C25H19N3O/c1-3-7-18(8-4-1)24-17-22-23(28-24)15-16-26-25(22)27-19-11-13-21(14-12-19)29-20-9-5-2-6-10-20/h1-17,28H,(H,26,27). The third-order valence-corrected chi connectivity index (χ3v) is 4.73. The first-order chi connectivity index (χ1) is 14.3. The van der Waals surface area contributed by atoms with Gasteiger partial charge in [0.25, 0.3) is 0 Å². The Morgan fingerprint density at radius 1 is 0.724 bits per heavy atom. The van der Waals surface area contributed by atoms with E-state index in [4.69, 9.17) is 4.74 Å². The number of hydrogen-bond donors (Lipinski definition) is 2. The van der Waals surface area contributed by atoms with Crippen LogP contribution in [0.15, 0.2) is 103 Å². The summed E-state index contributed by atoms with van der Waals surface area (Å²) in [6.45, 7) is 0. The first kappa shape index (κ1) is 17.1. The van der Waals surface area contributed by atoms with Crippen molar-refractivity contribution in [3.05, 3.63) is 103 Å². The Hall–Kier alpha value is -4.05. The van der Waals surface area contributed by atoms with E-state index in [0.717, 1.165) is 45.2 Å². The van der Waals surface area contributed by atoms with Gasteiger partial charge in [-0.15, -0.1) is 0 Å². The van der Waals surface area contributed by atoms with Crippen molar-refractivity contribution in [2.24, 2.45) is 0 Å². The van der Waals surface area contributed by atoms with Gasteiger partial charge in [0.2, 0.25) is 0 Å². The number of para-hydroxylation sites is 1. The van der Waals surface area contributed by atoms with Crippen molar-refractivity contribution in [1.29, 1.82) is 0 Å². The minimum atomic E-state index is 0.793. The molecule has 5 aromatic rings. The lowest BCUT2D eigenvalue weighted by molar-refractivity contribution is 0.483. The molecule has 0 amide bonds.